The lowest BCUT2D eigenvalue weighted by atomic mass is 10.1. The Labute approximate surface area is 115 Å². The molecule has 0 atom stereocenters. The molecule has 0 fully saturated rings. The second-order valence-corrected chi connectivity index (χ2v) is 5.45. The van der Waals surface area contributed by atoms with Crippen LogP contribution in [0, 0.1) is 19.7 Å². The highest BCUT2D eigenvalue weighted by Crippen LogP contribution is 2.33. The van der Waals surface area contributed by atoms with Crippen molar-refractivity contribution in [3.63, 3.8) is 0 Å². The van der Waals surface area contributed by atoms with Gasteiger partial charge in [-0.05, 0) is 55.1 Å². The maximum Gasteiger partial charge on any atom is 0.123 e. The van der Waals surface area contributed by atoms with E-state index in [1.54, 1.807) is 23.5 Å². The van der Waals surface area contributed by atoms with Crippen molar-refractivity contribution in [3.05, 3.63) is 52.9 Å². The van der Waals surface area contributed by atoms with Gasteiger partial charge in [-0.1, -0.05) is 0 Å². The fourth-order valence-corrected chi connectivity index (χ4v) is 2.95. The molecule has 96 valence electrons. The van der Waals surface area contributed by atoms with E-state index in [0.29, 0.717) is 0 Å². The Kier molecular flexibility index (Phi) is 2.95. The Morgan fingerprint density at radius 3 is 2.53 bits per heavy atom. The maximum absolute atomic E-state index is 13.0. The van der Waals surface area contributed by atoms with Gasteiger partial charge in [0.2, 0.25) is 0 Å². The summed E-state index contributed by atoms with van der Waals surface area (Å²) in [7, 11) is 0. The third-order valence-electron chi connectivity index (χ3n) is 2.92. The molecule has 0 bridgehead atoms. The number of rotatable bonds is 2. The average molecular weight is 272 g/mol. The Balaban J connectivity index is 2.14. The largest absolute Gasteiger partial charge is 0.341 e. The molecular formula is C15H13FN2S. The molecule has 1 N–H and O–H groups in total. The first-order chi connectivity index (χ1) is 9.13. The molecule has 4 heteroatoms. The fraction of sp³-hybridized carbons (Fsp3) is 0.133. The number of imidazole rings is 1. The molecule has 0 spiro atoms. The number of benzene rings is 1. The molecule has 3 aromatic rings. The lowest BCUT2D eigenvalue weighted by molar-refractivity contribution is 0.628. The van der Waals surface area contributed by atoms with Crippen molar-refractivity contribution >= 4 is 11.3 Å². The van der Waals surface area contributed by atoms with Gasteiger partial charge in [0.25, 0.3) is 0 Å². The molecule has 2 nitrogen and oxygen atoms in total. The molecule has 3 rings (SSSR count). The number of nitrogens with zero attached hydrogens (tertiary/aromatic N) is 1. The average Bonchev–Trinajstić information content (AvgIpc) is 2.96. The Morgan fingerprint density at radius 1 is 1.16 bits per heavy atom. The van der Waals surface area contributed by atoms with Crippen molar-refractivity contribution in [3.8, 4) is 21.8 Å². The molecule has 0 aliphatic rings. The van der Waals surface area contributed by atoms with Crippen LogP contribution in [-0.2, 0) is 0 Å². The highest BCUT2D eigenvalue weighted by Gasteiger charge is 2.13. The summed E-state index contributed by atoms with van der Waals surface area (Å²) < 4.78 is 13.0. The molecule has 0 saturated carbocycles. The van der Waals surface area contributed by atoms with Gasteiger partial charge in [0.15, 0.2) is 0 Å². The number of hydrogen-bond acceptors (Lipinski definition) is 2. The van der Waals surface area contributed by atoms with Gasteiger partial charge >= 0.3 is 0 Å². The molecule has 0 aliphatic carbocycles. The minimum Gasteiger partial charge on any atom is -0.341 e. The van der Waals surface area contributed by atoms with E-state index < -0.39 is 0 Å². The molecule has 0 radical (unpaired) electrons. The van der Waals surface area contributed by atoms with Gasteiger partial charge in [-0.15, -0.1) is 11.3 Å². The van der Waals surface area contributed by atoms with E-state index >= 15 is 0 Å². The molecule has 0 aliphatic heterocycles. The molecule has 19 heavy (non-hydrogen) atoms. The summed E-state index contributed by atoms with van der Waals surface area (Å²) in [5.74, 6) is 0.630. The van der Waals surface area contributed by atoms with E-state index in [1.807, 2.05) is 6.92 Å². The van der Waals surface area contributed by atoms with Crippen LogP contribution in [0.1, 0.15) is 11.4 Å². The third kappa shape index (κ3) is 2.31. The second-order valence-electron chi connectivity index (χ2n) is 4.54. The van der Waals surface area contributed by atoms with E-state index in [1.165, 1.54) is 17.7 Å². The molecule has 1 aromatic carbocycles. The monoisotopic (exact) mass is 272 g/mol. The first kappa shape index (κ1) is 12.1. The van der Waals surface area contributed by atoms with Crippen LogP contribution in [-0.4, -0.2) is 9.97 Å². The SMILES string of the molecule is Cc1csc(-c2[nH]c(C)nc2-c2ccc(F)cc2)c1. The Hall–Kier alpha value is -1.94. The molecule has 0 unspecified atom stereocenters. The zero-order valence-corrected chi connectivity index (χ0v) is 11.5. The van der Waals surface area contributed by atoms with Crippen LogP contribution < -0.4 is 0 Å². The van der Waals surface area contributed by atoms with E-state index in [2.05, 4.69) is 28.3 Å². The number of H-pyrrole nitrogens is 1. The van der Waals surface area contributed by atoms with Gasteiger partial charge in [0.05, 0.1) is 16.3 Å². The smallest absolute Gasteiger partial charge is 0.123 e. The summed E-state index contributed by atoms with van der Waals surface area (Å²) in [5, 5.41) is 2.11. The molecular weight excluding hydrogens is 259 g/mol. The maximum atomic E-state index is 13.0. The number of hydrogen-bond donors (Lipinski definition) is 1. The minimum absolute atomic E-state index is 0.232. The Morgan fingerprint density at radius 2 is 1.89 bits per heavy atom. The van der Waals surface area contributed by atoms with Crippen molar-refractivity contribution < 1.29 is 4.39 Å². The first-order valence-corrected chi connectivity index (χ1v) is 6.89. The van der Waals surface area contributed by atoms with Gasteiger partial charge in [-0.25, -0.2) is 9.37 Å². The van der Waals surface area contributed by atoms with Crippen LogP contribution in [0.3, 0.4) is 0 Å². The lowest BCUT2D eigenvalue weighted by Gasteiger charge is -2.00. The topological polar surface area (TPSA) is 28.7 Å². The second kappa shape index (κ2) is 4.63. The first-order valence-electron chi connectivity index (χ1n) is 6.01. The standard InChI is InChI=1S/C15H13FN2S/c1-9-7-13(19-8-9)15-14(17-10(2)18-15)11-3-5-12(16)6-4-11/h3-8H,1-2H3,(H,17,18). The number of nitrogens with one attached hydrogen (secondary N) is 1. The zero-order chi connectivity index (χ0) is 13.4. The van der Waals surface area contributed by atoms with E-state index in [0.717, 1.165) is 27.7 Å². The zero-order valence-electron chi connectivity index (χ0n) is 10.7. The van der Waals surface area contributed by atoms with Crippen LogP contribution >= 0.6 is 11.3 Å². The van der Waals surface area contributed by atoms with E-state index in [4.69, 9.17) is 0 Å². The molecule has 0 saturated heterocycles. The summed E-state index contributed by atoms with van der Waals surface area (Å²) >= 11 is 1.68. The van der Waals surface area contributed by atoms with Crippen molar-refractivity contribution in [2.75, 3.05) is 0 Å². The minimum atomic E-state index is -0.232. The normalized spacial score (nSPS) is 10.9. The van der Waals surface area contributed by atoms with Crippen molar-refractivity contribution in [1.82, 2.24) is 9.97 Å². The van der Waals surface area contributed by atoms with Crippen LogP contribution in [0.25, 0.3) is 21.8 Å². The van der Waals surface area contributed by atoms with Crippen LogP contribution in [0.2, 0.25) is 0 Å². The molecule has 2 aromatic heterocycles. The highest BCUT2D eigenvalue weighted by atomic mass is 32.1. The van der Waals surface area contributed by atoms with Crippen LogP contribution in [0.15, 0.2) is 35.7 Å². The summed E-state index contributed by atoms with van der Waals surface area (Å²) in [4.78, 5) is 8.97. The van der Waals surface area contributed by atoms with Crippen LogP contribution in [0.5, 0.6) is 0 Å². The number of thiophene rings is 1. The van der Waals surface area contributed by atoms with Gasteiger partial charge in [-0.3, -0.25) is 0 Å². The van der Waals surface area contributed by atoms with Gasteiger partial charge in [0, 0.05) is 5.56 Å². The van der Waals surface area contributed by atoms with Crippen molar-refractivity contribution in [1.29, 1.82) is 0 Å². The fourth-order valence-electron chi connectivity index (χ4n) is 2.05. The molecule has 0 amide bonds. The number of aromatic nitrogens is 2. The predicted octanol–water partition coefficient (Wildman–Crippen LogP) is 4.56. The van der Waals surface area contributed by atoms with Gasteiger partial charge < -0.3 is 4.98 Å². The summed E-state index contributed by atoms with van der Waals surface area (Å²) in [6.07, 6.45) is 0. The number of halogens is 1. The van der Waals surface area contributed by atoms with Crippen LogP contribution in [0.4, 0.5) is 4.39 Å². The van der Waals surface area contributed by atoms with Crippen molar-refractivity contribution in [2.45, 2.75) is 13.8 Å². The number of aromatic amines is 1. The quantitative estimate of drug-likeness (QED) is 0.727. The lowest BCUT2D eigenvalue weighted by Crippen LogP contribution is -1.82. The highest BCUT2D eigenvalue weighted by molar-refractivity contribution is 7.13. The van der Waals surface area contributed by atoms with Gasteiger partial charge in [-0.2, -0.15) is 0 Å². The van der Waals surface area contributed by atoms with E-state index in [9.17, 15) is 4.39 Å². The van der Waals surface area contributed by atoms with Crippen molar-refractivity contribution in [2.24, 2.45) is 0 Å². The predicted molar refractivity (Wildman–Crippen MR) is 76.8 cm³/mol. The third-order valence-corrected chi connectivity index (χ3v) is 3.98. The number of aryl methyl sites for hydroxylation is 2. The summed E-state index contributed by atoms with van der Waals surface area (Å²) in [5.41, 5.74) is 4.03. The summed E-state index contributed by atoms with van der Waals surface area (Å²) in [6.45, 7) is 4.00. The van der Waals surface area contributed by atoms with Gasteiger partial charge in [0.1, 0.15) is 11.6 Å². The Bertz CT molecular complexity index is 710. The van der Waals surface area contributed by atoms with E-state index in [-0.39, 0.29) is 5.82 Å². The molecule has 2 heterocycles. The summed E-state index contributed by atoms with van der Waals surface area (Å²) in [6, 6.07) is 8.57.